The number of hydrogen-bond acceptors (Lipinski definition) is 4. The first-order chi connectivity index (χ1) is 8.47. The quantitative estimate of drug-likeness (QED) is 0.888. The van der Waals surface area contributed by atoms with E-state index in [2.05, 4.69) is 48.0 Å². The third kappa shape index (κ3) is 3.19. The molecule has 0 saturated carbocycles. The Morgan fingerprint density at radius 3 is 2.50 bits per heavy atom. The first-order valence-corrected chi connectivity index (χ1v) is 6.74. The van der Waals surface area contributed by atoms with Crippen LogP contribution in [0.1, 0.15) is 39.2 Å². The van der Waals surface area contributed by atoms with Crippen LogP contribution in [-0.4, -0.2) is 36.1 Å². The molecule has 0 radical (unpaired) electrons. The summed E-state index contributed by atoms with van der Waals surface area (Å²) in [5, 5.41) is 3.50. The fourth-order valence-electron chi connectivity index (χ4n) is 2.23. The fourth-order valence-corrected chi connectivity index (χ4v) is 2.23. The maximum absolute atomic E-state index is 4.47. The summed E-state index contributed by atoms with van der Waals surface area (Å²) in [6.07, 6.45) is 6.43. The largest absolute Gasteiger partial charge is 0.342 e. The SMILES string of the molecule is CN(CC1CCCN1)c1ncc(C(C)(C)C)cn1. The number of rotatable bonds is 3. The molecule has 100 valence electrons. The van der Waals surface area contributed by atoms with E-state index in [4.69, 9.17) is 0 Å². The second-order valence-corrected chi connectivity index (χ2v) is 6.20. The highest BCUT2D eigenvalue weighted by Crippen LogP contribution is 2.21. The van der Waals surface area contributed by atoms with Crippen molar-refractivity contribution in [1.82, 2.24) is 15.3 Å². The summed E-state index contributed by atoms with van der Waals surface area (Å²) in [6, 6.07) is 0.584. The minimum Gasteiger partial charge on any atom is -0.342 e. The number of likely N-dealkylation sites (N-methyl/N-ethyl adjacent to an activating group) is 1. The molecule has 1 aliphatic heterocycles. The molecule has 0 amide bonds. The molecule has 1 atom stereocenters. The summed E-state index contributed by atoms with van der Waals surface area (Å²) in [5.41, 5.74) is 1.29. The van der Waals surface area contributed by atoms with Crippen molar-refractivity contribution < 1.29 is 0 Å². The summed E-state index contributed by atoms with van der Waals surface area (Å²) in [6.45, 7) is 8.66. The van der Waals surface area contributed by atoms with Gasteiger partial charge in [0.1, 0.15) is 0 Å². The van der Waals surface area contributed by atoms with Gasteiger partial charge in [0, 0.05) is 32.0 Å². The van der Waals surface area contributed by atoms with Gasteiger partial charge in [0.25, 0.3) is 0 Å². The maximum atomic E-state index is 4.47. The Hall–Kier alpha value is -1.16. The van der Waals surface area contributed by atoms with Gasteiger partial charge in [-0.3, -0.25) is 0 Å². The van der Waals surface area contributed by atoms with Crippen LogP contribution in [0.5, 0.6) is 0 Å². The van der Waals surface area contributed by atoms with Crippen molar-refractivity contribution in [2.75, 3.05) is 25.0 Å². The van der Waals surface area contributed by atoms with E-state index >= 15 is 0 Å². The van der Waals surface area contributed by atoms with E-state index < -0.39 is 0 Å². The van der Waals surface area contributed by atoms with Gasteiger partial charge in [-0.15, -0.1) is 0 Å². The molecule has 1 aromatic heterocycles. The standard InChI is InChI=1S/C14H24N4/c1-14(2,3)11-8-16-13(17-9-11)18(4)10-12-6-5-7-15-12/h8-9,12,15H,5-7,10H2,1-4H3. The van der Waals surface area contributed by atoms with Crippen molar-refractivity contribution in [2.45, 2.75) is 45.1 Å². The molecule has 18 heavy (non-hydrogen) atoms. The lowest BCUT2D eigenvalue weighted by molar-refractivity contribution is 0.578. The second kappa shape index (κ2) is 5.22. The Bertz CT molecular complexity index is 374. The van der Waals surface area contributed by atoms with Crippen molar-refractivity contribution in [3.05, 3.63) is 18.0 Å². The van der Waals surface area contributed by atoms with Crippen LogP contribution in [0.3, 0.4) is 0 Å². The molecule has 0 aromatic carbocycles. The van der Waals surface area contributed by atoms with Crippen LogP contribution >= 0.6 is 0 Å². The molecular formula is C14H24N4. The first-order valence-electron chi connectivity index (χ1n) is 6.74. The molecule has 1 unspecified atom stereocenters. The fraction of sp³-hybridized carbons (Fsp3) is 0.714. The average Bonchev–Trinajstić information content (AvgIpc) is 2.81. The lowest BCUT2D eigenvalue weighted by atomic mass is 9.89. The molecule has 1 saturated heterocycles. The molecule has 4 heteroatoms. The summed E-state index contributed by atoms with van der Waals surface area (Å²) < 4.78 is 0. The van der Waals surface area contributed by atoms with Crippen molar-refractivity contribution in [1.29, 1.82) is 0 Å². The summed E-state index contributed by atoms with van der Waals surface area (Å²) >= 11 is 0. The number of nitrogens with zero attached hydrogens (tertiary/aromatic N) is 3. The number of anilines is 1. The van der Waals surface area contributed by atoms with E-state index in [1.807, 2.05) is 12.4 Å². The molecule has 0 bridgehead atoms. The van der Waals surface area contributed by atoms with Gasteiger partial charge in [-0.05, 0) is 30.4 Å². The topological polar surface area (TPSA) is 41.0 Å². The van der Waals surface area contributed by atoms with Crippen LogP contribution in [-0.2, 0) is 5.41 Å². The Balaban J connectivity index is 2.00. The lowest BCUT2D eigenvalue weighted by Crippen LogP contribution is -2.36. The predicted octanol–water partition coefficient (Wildman–Crippen LogP) is 1.96. The van der Waals surface area contributed by atoms with E-state index in [1.54, 1.807) is 0 Å². The molecular weight excluding hydrogens is 224 g/mol. The van der Waals surface area contributed by atoms with Gasteiger partial charge in [0.05, 0.1) is 0 Å². The summed E-state index contributed by atoms with van der Waals surface area (Å²) in [7, 11) is 2.06. The van der Waals surface area contributed by atoms with Gasteiger partial charge in [0.15, 0.2) is 0 Å². The van der Waals surface area contributed by atoms with Crippen molar-refractivity contribution in [2.24, 2.45) is 0 Å². The predicted molar refractivity (Wildman–Crippen MR) is 75.0 cm³/mol. The highest BCUT2D eigenvalue weighted by Gasteiger charge is 2.18. The van der Waals surface area contributed by atoms with Gasteiger partial charge in [0.2, 0.25) is 5.95 Å². The van der Waals surface area contributed by atoms with Crippen molar-refractivity contribution in [3.63, 3.8) is 0 Å². The zero-order chi connectivity index (χ0) is 13.2. The van der Waals surface area contributed by atoms with Crippen LogP contribution in [0.25, 0.3) is 0 Å². The van der Waals surface area contributed by atoms with E-state index in [0.717, 1.165) is 19.0 Å². The van der Waals surface area contributed by atoms with Crippen LogP contribution in [0.15, 0.2) is 12.4 Å². The van der Waals surface area contributed by atoms with Crippen LogP contribution in [0.4, 0.5) is 5.95 Å². The highest BCUT2D eigenvalue weighted by molar-refractivity contribution is 5.30. The van der Waals surface area contributed by atoms with Gasteiger partial charge >= 0.3 is 0 Å². The zero-order valence-corrected chi connectivity index (χ0v) is 11.9. The zero-order valence-electron chi connectivity index (χ0n) is 11.9. The smallest absolute Gasteiger partial charge is 0.225 e. The number of hydrogen-bond donors (Lipinski definition) is 1. The van der Waals surface area contributed by atoms with E-state index in [0.29, 0.717) is 6.04 Å². The molecule has 4 nitrogen and oxygen atoms in total. The molecule has 1 aliphatic rings. The van der Waals surface area contributed by atoms with Gasteiger partial charge in [-0.2, -0.15) is 0 Å². The molecule has 0 aliphatic carbocycles. The highest BCUT2D eigenvalue weighted by atomic mass is 15.2. The average molecular weight is 248 g/mol. The maximum Gasteiger partial charge on any atom is 0.225 e. The van der Waals surface area contributed by atoms with Crippen molar-refractivity contribution in [3.8, 4) is 0 Å². The Morgan fingerprint density at radius 2 is 2.00 bits per heavy atom. The number of aromatic nitrogens is 2. The first kappa shape index (κ1) is 13.3. The van der Waals surface area contributed by atoms with E-state index in [-0.39, 0.29) is 5.41 Å². The van der Waals surface area contributed by atoms with Gasteiger partial charge in [-0.1, -0.05) is 20.8 Å². The van der Waals surface area contributed by atoms with Crippen LogP contribution in [0.2, 0.25) is 0 Å². The summed E-state index contributed by atoms with van der Waals surface area (Å²) in [5.74, 6) is 0.816. The Labute approximate surface area is 110 Å². The molecule has 1 N–H and O–H groups in total. The van der Waals surface area contributed by atoms with Gasteiger partial charge in [-0.25, -0.2) is 9.97 Å². The van der Waals surface area contributed by atoms with E-state index in [9.17, 15) is 0 Å². The number of nitrogens with one attached hydrogen (secondary N) is 1. The normalized spacial score (nSPS) is 20.1. The molecule has 1 fully saturated rings. The monoisotopic (exact) mass is 248 g/mol. The second-order valence-electron chi connectivity index (χ2n) is 6.20. The van der Waals surface area contributed by atoms with E-state index in [1.165, 1.54) is 18.4 Å². The Kier molecular flexibility index (Phi) is 3.85. The molecule has 2 rings (SSSR count). The summed E-state index contributed by atoms with van der Waals surface area (Å²) in [4.78, 5) is 11.1. The third-order valence-corrected chi connectivity index (χ3v) is 3.50. The Morgan fingerprint density at radius 1 is 1.33 bits per heavy atom. The third-order valence-electron chi connectivity index (χ3n) is 3.50. The molecule has 0 spiro atoms. The minimum absolute atomic E-state index is 0.115. The molecule has 2 heterocycles. The van der Waals surface area contributed by atoms with Crippen molar-refractivity contribution >= 4 is 5.95 Å². The molecule has 1 aromatic rings. The van der Waals surface area contributed by atoms with Crippen LogP contribution in [0, 0.1) is 0 Å². The lowest BCUT2D eigenvalue weighted by Gasteiger charge is -2.23. The minimum atomic E-state index is 0.115. The van der Waals surface area contributed by atoms with Crippen LogP contribution < -0.4 is 10.2 Å². The van der Waals surface area contributed by atoms with Gasteiger partial charge < -0.3 is 10.2 Å².